The normalized spacial score (nSPS) is 12.6. The number of hydrogen-bond donors (Lipinski definition) is 2. The zero-order valence-electron chi connectivity index (χ0n) is 20.5. The predicted octanol–water partition coefficient (Wildman–Crippen LogP) is 3.26. The average molecular weight is 506 g/mol. The molecule has 2 N–H and O–H groups in total. The van der Waals surface area contributed by atoms with E-state index in [2.05, 4.69) is 10.0 Å². The molecule has 190 valence electrons. The highest BCUT2D eigenvalue weighted by molar-refractivity contribution is 7.89. The van der Waals surface area contributed by atoms with Gasteiger partial charge < -0.3 is 19.2 Å². The smallest absolute Gasteiger partial charge is 0.419 e. The van der Waals surface area contributed by atoms with Crippen LogP contribution in [0.15, 0.2) is 50.5 Å². The molecule has 35 heavy (non-hydrogen) atoms. The highest BCUT2D eigenvalue weighted by atomic mass is 32.2. The Morgan fingerprint density at radius 3 is 2.46 bits per heavy atom. The fraction of sp³-hybridized carbons (Fsp3) is 0.417. The van der Waals surface area contributed by atoms with Crippen LogP contribution >= 0.6 is 0 Å². The largest absolute Gasteiger partial charge is 0.494 e. The minimum Gasteiger partial charge on any atom is -0.494 e. The molecule has 0 fully saturated rings. The van der Waals surface area contributed by atoms with Gasteiger partial charge in [0.15, 0.2) is 5.58 Å². The quantitative estimate of drug-likeness (QED) is 0.409. The Kier molecular flexibility index (Phi) is 8.23. The summed E-state index contributed by atoms with van der Waals surface area (Å²) in [4.78, 5) is 24.9. The lowest BCUT2D eigenvalue weighted by Gasteiger charge is -2.21. The van der Waals surface area contributed by atoms with E-state index in [0.717, 1.165) is 0 Å². The number of aryl methyl sites for hydroxylation is 1. The maximum Gasteiger partial charge on any atom is 0.419 e. The van der Waals surface area contributed by atoms with E-state index in [-0.39, 0.29) is 22.8 Å². The van der Waals surface area contributed by atoms with Gasteiger partial charge in [-0.15, -0.1) is 0 Å². The molecular formula is C24H31N3O7S. The van der Waals surface area contributed by atoms with Crippen LogP contribution in [-0.2, 0) is 21.9 Å². The lowest BCUT2D eigenvalue weighted by atomic mass is 10.0. The number of aromatic nitrogens is 1. The molecule has 1 amide bonds. The van der Waals surface area contributed by atoms with Gasteiger partial charge in [0.25, 0.3) is 0 Å². The van der Waals surface area contributed by atoms with E-state index in [1.807, 2.05) is 27.7 Å². The third-order valence-electron chi connectivity index (χ3n) is 5.21. The molecule has 3 aromatic rings. The van der Waals surface area contributed by atoms with Gasteiger partial charge in [0, 0.05) is 19.2 Å². The summed E-state index contributed by atoms with van der Waals surface area (Å²) in [6, 6.07) is 8.11. The molecule has 2 aromatic carbocycles. The van der Waals surface area contributed by atoms with Gasteiger partial charge in [-0.25, -0.2) is 13.2 Å². The zero-order valence-corrected chi connectivity index (χ0v) is 21.3. The Morgan fingerprint density at radius 2 is 1.80 bits per heavy atom. The second kappa shape index (κ2) is 11.0. The van der Waals surface area contributed by atoms with Crippen molar-refractivity contribution in [1.82, 2.24) is 9.29 Å². The van der Waals surface area contributed by atoms with Crippen molar-refractivity contribution in [1.29, 1.82) is 0 Å². The molecule has 0 aliphatic carbocycles. The number of hydrogen-bond acceptors (Lipinski definition) is 7. The molecule has 0 spiro atoms. The first-order valence-corrected chi connectivity index (χ1v) is 12.9. The van der Waals surface area contributed by atoms with Crippen molar-refractivity contribution in [2.24, 2.45) is 13.0 Å². The number of carbonyl (C=O) groups is 1. The molecule has 11 heteroatoms. The minimum atomic E-state index is -4.11. The Bertz CT molecular complexity index is 1360. The van der Waals surface area contributed by atoms with Gasteiger partial charge in [-0.1, -0.05) is 13.8 Å². The maximum absolute atomic E-state index is 13.2. The van der Waals surface area contributed by atoms with Gasteiger partial charge in [-0.2, -0.15) is 4.72 Å². The summed E-state index contributed by atoms with van der Waals surface area (Å²) in [5, 5.41) is 2.78. The van der Waals surface area contributed by atoms with Gasteiger partial charge in [0.1, 0.15) is 17.5 Å². The van der Waals surface area contributed by atoms with Crippen LogP contribution in [0.4, 0.5) is 5.69 Å². The average Bonchev–Trinajstić information content (AvgIpc) is 3.08. The molecule has 0 saturated carbocycles. The summed E-state index contributed by atoms with van der Waals surface area (Å²) in [5.41, 5.74) is 0.977. The first-order chi connectivity index (χ1) is 16.6. The second-order valence-electron chi connectivity index (χ2n) is 8.37. The van der Waals surface area contributed by atoms with Crippen LogP contribution in [0.1, 0.15) is 34.1 Å². The highest BCUT2D eigenvalue weighted by Crippen LogP contribution is 2.30. The van der Waals surface area contributed by atoms with Crippen molar-refractivity contribution in [2.75, 3.05) is 18.5 Å². The molecule has 0 radical (unpaired) electrons. The van der Waals surface area contributed by atoms with Crippen LogP contribution in [-0.4, -0.2) is 38.1 Å². The molecule has 3 rings (SSSR count). The lowest BCUT2D eigenvalue weighted by molar-refractivity contribution is -0.118. The second-order valence-corrected chi connectivity index (χ2v) is 10.1. The first-order valence-electron chi connectivity index (χ1n) is 11.4. The van der Waals surface area contributed by atoms with Crippen molar-refractivity contribution in [3.05, 3.63) is 46.9 Å². The number of benzene rings is 2. The number of sulfonamides is 1. The Morgan fingerprint density at radius 1 is 1.09 bits per heavy atom. The van der Waals surface area contributed by atoms with Crippen molar-refractivity contribution in [3.63, 3.8) is 0 Å². The fourth-order valence-electron chi connectivity index (χ4n) is 3.58. The van der Waals surface area contributed by atoms with Gasteiger partial charge in [-0.05, 0) is 50.5 Å². The van der Waals surface area contributed by atoms with Crippen molar-refractivity contribution in [2.45, 2.75) is 45.1 Å². The molecule has 0 unspecified atom stereocenters. The topological polar surface area (TPSA) is 129 Å². The van der Waals surface area contributed by atoms with E-state index < -0.39 is 27.7 Å². The van der Waals surface area contributed by atoms with Crippen molar-refractivity contribution in [3.8, 4) is 11.5 Å². The van der Waals surface area contributed by atoms with Crippen LogP contribution in [0, 0.1) is 5.92 Å². The summed E-state index contributed by atoms with van der Waals surface area (Å²) in [7, 11) is -2.58. The molecular weight excluding hydrogens is 474 g/mol. The molecule has 0 aliphatic heterocycles. The van der Waals surface area contributed by atoms with Crippen molar-refractivity contribution >= 4 is 32.7 Å². The Balaban J connectivity index is 1.89. The fourth-order valence-corrected chi connectivity index (χ4v) is 4.80. The number of ether oxygens (including phenoxy) is 2. The van der Waals surface area contributed by atoms with Gasteiger partial charge >= 0.3 is 5.76 Å². The minimum absolute atomic E-state index is 0.0178. The van der Waals surface area contributed by atoms with E-state index in [1.165, 1.54) is 29.8 Å². The third-order valence-corrected chi connectivity index (χ3v) is 6.68. The van der Waals surface area contributed by atoms with E-state index >= 15 is 0 Å². The summed E-state index contributed by atoms with van der Waals surface area (Å²) >= 11 is 0. The Labute approximate surface area is 204 Å². The van der Waals surface area contributed by atoms with E-state index in [4.69, 9.17) is 13.9 Å². The number of amides is 1. The highest BCUT2D eigenvalue weighted by Gasteiger charge is 2.28. The van der Waals surface area contributed by atoms with Gasteiger partial charge in [-0.3, -0.25) is 9.36 Å². The summed E-state index contributed by atoms with van der Waals surface area (Å²) in [6.45, 7) is 8.28. The SMILES string of the molecule is CCOc1ccc(OCC)c(NC(=O)[C@H](CC(C)C)NS(=O)(=O)c2ccc3c(c2)oc(=O)n3C)c1. The number of nitrogens with zero attached hydrogens (tertiary/aromatic N) is 1. The van der Waals surface area contributed by atoms with Crippen molar-refractivity contribution < 1.29 is 27.1 Å². The van der Waals surface area contributed by atoms with Crippen LogP contribution < -0.4 is 25.3 Å². The van der Waals surface area contributed by atoms with Crippen LogP contribution in [0.3, 0.4) is 0 Å². The molecule has 0 aliphatic rings. The zero-order chi connectivity index (χ0) is 25.8. The molecule has 1 atom stereocenters. The molecule has 1 aromatic heterocycles. The number of fused-ring (bicyclic) bond motifs is 1. The van der Waals surface area contributed by atoms with E-state index in [0.29, 0.717) is 35.9 Å². The van der Waals surface area contributed by atoms with Gasteiger partial charge in [0.05, 0.1) is 29.3 Å². The molecule has 1 heterocycles. The predicted molar refractivity (Wildman–Crippen MR) is 132 cm³/mol. The number of nitrogens with one attached hydrogen (secondary N) is 2. The monoisotopic (exact) mass is 505 g/mol. The van der Waals surface area contributed by atoms with Crippen LogP contribution in [0.5, 0.6) is 11.5 Å². The molecule has 10 nitrogen and oxygen atoms in total. The lowest BCUT2D eigenvalue weighted by Crippen LogP contribution is -2.44. The van der Waals surface area contributed by atoms with Crippen LogP contribution in [0.2, 0.25) is 0 Å². The van der Waals surface area contributed by atoms with E-state index in [1.54, 1.807) is 18.2 Å². The molecule has 0 bridgehead atoms. The number of anilines is 1. The maximum atomic E-state index is 13.2. The van der Waals surface area contributed by atoms with E-state index in [9.17, 15) is 18.0 Å². The number of oxazole rings is 1. The van der Waals surface area contributed by atoms with Gasteiger partial charge in [0.2, 0.25) is 15.9 Å². The molecule has 0 saturated heterocycles. The summed E-state index contributed by atoms with van der Waals surface area (Å²) in [6.07, 6.45) is 0.253. The third kappa shape index (κ3) is 6.23. The summed E-state index contributed by atoms with van der Waals surface area (Å²) < 4.78 is 46.3. The summed E-state index contributed by atoms with van der Waals surface area (Å²) in [5.74, 6) is -0.128. The Hall–Kier alpha value is -3.31. The number of carbonyl (C=O) groups excluding carboxylic acids is 1. The first kappa shape index (κ1) is 26.3. The standard InChI is InChI=1S/C24H31N3O7S/c1-6-32-16-8-11-21(33-7-2)18(13-16)25-23(28)19(12-15(3)4)26-35(30,31)17-9-10-20-22(14-17)34-24(29)27(20)5/h8-11,13-15,19,26H,6-7,12H2,1-5H3,(H,25,28)/t19-/m0/s1. The van der Waals surface area contributed by atoms with Crippen LogP contribution in [0.25, 0.3) is 11.1 Å². The number of rotatable bonds is 11.